The predicted octanol–water partition coefficient (Wildman–Crippen LogP) is 3.23. The molecule has 0 saturated carbocycles. The molecule has 1 aromatic carbocycles. The Balaban J connectivity index is 1.57. The molecule has 0 atom stereocenters. The lowest BCUT2D eigenvalue weighted by atomic mass is 9.91. The first-order valence-electron chi connectivity index (χ1n) is 9.37. The lowest BCUT2D eigenvalue weighted by Crippen LogP contribution is -2.55. The van der Waals surface area contributed by atoms with Crippen LogP contribution in [0.3, 0.4) is 0 Å². The highest BCUT2D eigenvalue weighted by Crippen LogP contribution is 2.30. The van der Waals surface area contributed by atoms with Crippen LogP contribution in [0, 0.1) is 34.5 Å². The van der Waals surface area contributed by atoms with Gasteiger partial charge in [0.25, 0.3) is 5.91 Å². The molecule has 0 spiro atoms. The molecule has 1 aromatic rings. The first kappa shape index (κ1) is 22.1. The quantitative estimate of drug-likeness (QED) is 0.413. The number of halogens is 5. The van der Waals surface area contributed by atoms with Crippen molar-refractivity contribution in [1.82, 2.24) is 9.80 Å². The fourth-order valence-electron chi connectivity index (χ4n) is 3.55. The van der Waals surface area contributed by atoms with Crippen LogP contribution < -0.4 is 4.74 Å². The molecule has 2 aliphatic rings. The molecule has 2 fully saturated rings. The van der Waals surface area contributed by atoms with Gasteiger partial charge in [-0.2, -0.15) is 8.78 Å². The van der Waals surface area contributed by atoms with Crippen molar-refractivity contribution in [3.63, 3.8) is 0 Å². The molecule has 0 aromatic heterocycles. The molecule has 0 aliphatic carbocycles. The van der Waals surface area contributed by atoms with Crippen LogP contribution in [0.5, 0.6) is 5.75 Å². The number of amides is 2. The van der Waals surface area contributed by atoms with Gasteiger partial charge >= 0.3 is 6.09 Å². The van der Waals surface area contributed by atoms with E-state index in [1.54, 1.807) is 4.90 Å². The van der Waals surface area contributed by atoms with E-state index in [0.29, 0.717) is 26.0 Å². The second-order valence-electron chi connectivity index (χ2n) is 8.15. The minimum absolute atomic E-state index is 0.128. The molecule has 166 valence electrons. The van der Waals surface area contributed by atoms with Gasteiger partial charge in [-0.15, -0.1) is 0 Å². The molecule has 0 unspecified atom stereocenters. The standard InChI is InChI=1S/C19H21F5N2O4/c1-19(2)8-26(18(28)30-9-19)10-3-5-25(6-4-10)11(27)7-29-17-15(23)13(21)12(20)14(22)16(17)24/h10H,3-9H2,1-2H3. The third-order valence-electron chi connectivity index (χ3n) is 5.19. The third kappa shape index (κ3) is 4.29. The molecule has 2 aliphatic heterocycles. The number of piperidine rings is 1. The molecule has 11 heteroatoms. The number of likely N-dealkylation sites (tertiary alicyclic amines) is 1. The van der Waals surface area contributed by atoms with E-state index in [2.05, 4.69) is 4.74 Å². The van der Waals surface area contributed by atoms with Gasteiger partial charge in [-0.05, 0) is 12.8 Å². The van der Waals surface area contributed by atoms with Crippen molar-refractivity contribution in [1.29, 1.82) is 0 Å². The summed E-state index contributed by atoms with van der Waals surface area (Å²) in [6.07, 6.45) is 0.507. The highest BCUT2D eigenvalue weighted by molar-refractivity contribution is 5.78. The van der Waals surface area contributed by atoms with Crippen molar-refractivity contribution < 1.29 is 41.0 Å². The van der Waals surface area contributed by atoms with E-state index in [1.807, 2.05) is 13.8 Å². The number of rotatable bonds is 4. The van der Waals surface area contributed by atoms with E-state index >= 15 is 0 Å². The zero-order chi connectivity index (χ0) is 22.2. The maximum absolute atomic E-state index is 13.6. The minimum atomic E-state index is -2.30. The number of hydrogen-bond donors (Lipinski definition) is 0. The van der Waals surface area contributed by atoms with Crippen molar-refractivity contribution in [2.24, 2.45) is 5.41 Å². The zero-order valence-corrected chi connectivity index (χ0v) is 16.4. The highest BCUT2D eigenvalue weighted by atomic mass is 19.2. The number of hydrogen-bond acceptors (Lipinski definition) is 4. The van der Waals surface area contributed by atoms with Crippen LogP contribution in [0.2, 0.25) is 0 Å². The summed E-state index contributed by atoms with van der Waals surface area (Å²) >= 11 is 0. The Labute approximate surface area is 169 Å². The number of carbonyl (C=O) groups excluding carboxylic acids is 2. The topological polar surface area (TPSA) is 59.1 Å². The maximum atomic E-state index is 13.6. The van der Waals surface area contributed by atoms with E-state index < -0.39 is 53.4 Å². The van der Waals surface area contributed by atoms with Crippen LogP contribution in [0.15, 0.2) is 0 Å². The van der Waals surface area contributed by atoms with Crippen LogP contribution >= 0.6 is 0 Å². The Morgan fingerprint density at radius 1 is 1.03 bits per heavy atom. The van der Waals surface area contributed by atoms with E-state index in [1.165, 1.54) is 4.90 Å². The highest BCUT2D eigenvalue weighted by Gasteiger charge is 2.38. The van der Waals surface area contributed by atoms with Crippen LogP contribution in [-0.2, 0) is 9.53 Å². The van der Waals surface area contributed by atoms with Gasteiger partial charge in [0.1, 0.15) is 0 Å². The fraction of sp³-hybridized carbons (Fsp3) is 0.579. The molecule has 0 radical (unpaired) electrons. The predicted molar refractivity (Wildman–Crippen MR) is 93.2 cm³/mol. The first-order valence-corrected chi connectivity index (χ1v) is 9.37. The normalized spacial score (nSPS) is 19.6. The SMILES string of the molecule is CC1(C)COC(=O)N(C2CCN(C(=O)COc3c(F)c(F)c(F)c(F)c3F)CC2)C1. The summed E-state index contributed by atoms with van der Waals surface area (Å²) in [4.78, 5) is 27.3. The summed E-state index contributed by atoms with van der Waals surface area (Å²) in [5.74, 6) is -13.0. The Hall–Kier alpha value is -2.59. The van der Waals surface area contributed by atoms with Gasteiger partial charge in [-0.25, -0.2) is 18.0 Å². The molecular formula is C19H21F5N2O4. The second-order valence-corrected chi connectivity index (χ2v) is 8.15. The van der Waals surface area contributed by atoms with Crippen molar-refractivity contribution in [2.75, 3.05) is 32.8 Å². The second kappa shape index (κ2) is 8.27. The molecular weight excluding hydrogens is 415 g/mol. The largest absolute Gasteiger partial charge is 0.477 e. The Bertz CT molecular complexity index is 827. The summed E-state index contributed by atoms with van der Waals surface area (Å²) in [5, 5.41) is 0. The van der Waals surface area contributed by atoms with Crippen LogP contribution in [0.25, 0.3) is 0 Å². The van der Waals surface area contributed by atoms with E-state index in [9.17, 15) is 31.5 Å². The van der Waals surface area contributed by atoms with E-state index in [4.69, 9.17) is 4.74 Å². The first-order chi connectivity index (χ1) is 14.0. The van der Waals surface area contributed by atoms with E-state index in [-0.39, 0.29) is 24.5 Å². The summed E-state index contributed by atoms with van der Waals surface area (Å²) in [6, 6.07) is -0.128. The Morgan fingerprint density at radius 2 is 1.57 bits per heavy atom. The lowest BCUT2D eigenvalue weighted by Gasteiger charge is -2.44. The maximum Gasteiger partial charge on any atom is 0.410 e. The summed E-state index contributed by atoms with van der Waals surface area (Å²) in [7, 11) is 0. The summed E-state index contributed by atoms with van der Waals surface area (Å²) in [6.45, 7) is 4.40. The number of nitrogens with zero attached hydrogens (tertiary/aromatic N) is 2. The monoisotopic (exact) mass is 436 g/mol. The van der Waals surface area contributed by atoms with E-state index in [0.717, 1.165) is 0 Å². The van der Waals surface area contributed by atoms with Crippen molar-refractivity contribution in [3.05, 3.63) is 29.1 Å². The van der Waals surface area contributed by atoms with Crippen molar-refractivity contribution >= 4 is 12.0 Å². The lowest BCUT2D eigenvalue weighted by molar-refractivity contribution is -0.135. The van der Waals surface area contributed by atoms with Crippen LogP contribution in [-0.4, -0.2) is 60.7 Å². The molecule has 2 saturated heterocycles. The summed E-state index contributed by atoms with van der Waals surface area (Å²) < 4.78 is 76.6. The van der Waals surface area contributed by atoms with Gasteiger partial charge < -0.3 is 19.3 Å². The number of carbonyl (C=O) groups is 2. The third-order valence-corrected chi connectivity index (χ3v) is 5.19. The van der Waals surface area contributed by atoms with Gasteiger partial charge in [-0.1, -0.05) is 13.8 Å². The van der Waals surface area contributed by atoms with Gasteiger partial charge in [0.2, 0.25) is 29.1 Å². The molecule has 2 heterocycles. The number of ether oxygens (including phenoxy) is 2. The molecule has 2 amide bonds. The number of benzene rings is 1. The number of cyclic esters (lactones) is 1. The average molecular weight is 436 g/mol. The smallest absolute Gasteiger partial charge is 0.410 e. The minimum Gasteiger partial charge on any atom is -0.477 e. The van der Waals surface area contributed by atoms with Gasteiger partial charge in [0.05, 0.1) is 6.61 Å². The Morgan fingerprint density at radius 3 is 2.13 bits per heavy atom. The molecule has 0 bridgehead atoms. The van der Waals surface area contributed by atoms with Gasteiger partial charge in [0, 0.05) is 31.1 Å². The molecule has 6 nitrogen and oxygen atoms in total. The fourth-order valence-corrected chi connectivity index (χ4v) is 3.55. The average Bonchev–Trinajstić information content (AvgIpc) is 2.72. The molecule has 3 rings (SSSR count). The summed E-state index contributed by atoms with van der Waals surface area (Å²) in [5.41, 5.74) is -0.192. The van der Waals surface area contributed by atoms with Gasteiger partial charge in [-0.3, -0.25) is 4.79 Å². The van der Waals surface area contributed by atoms with Gasteiger partial charge in [0.15, 0.2) is 12.4 Å². The van der Waals surface area contributed by atoms with Crippen molar-refractivity contribution in [3.8, 4) is 5.75 Å². The van der Waals surface area contributed by atoms with Crippen molar-refractivity contribution in [2.45, 2.75) is 32.7 Å². The zero-order valence-electron chi connectivity index (χ0n) is 16.4. The van der Waals surface area contributed by atoms with Crippen LogP contribution in [0.4, 0.5) is 26.7 Å². The van der Waals surface area contributed by atoms with Crippen LogP contribution in [0.1, 0.15) is 26.7 Å². The molecule has 0 N–H and O–H groups in total. The molecule has 30 heavy (non-hydrogen) atoms. The Kier molecular flexibility index (Phi) is 6.09.